The van der Waals surface area contributed by atoms with Gasteiger partial charge in [0.1, 0.15) is 11.9 Å². The first kappa shape index (κ1) is 18.0. The summed E-state index contributed by atoms with van der Waals surface area (Å²) in [7, 11) is 0. The molecule has 0 unspecified atom stereocenters. The summed E-state index contributed by atoms with van der Waals surface area (Å²) < 4.78 is 7.86. The molecule has 150 valence electrons. The highest BCUT2D eigenvalue weighted by Gasteiger charge is 2.33. The summed E-state index contributed by atoms with van der Waals surface area (Å²) in [6.07, 6.45) is 1.60. The van der Waals surface area contributed by atoms with E-state index in [-0.39, 0.29) is 29.7 Å². The highest BCUT2D eigenvalue weighted by atomic mass is 16.5. The van der Waals surface area contributed by atoms with E-state index >= 15 is 0 Å². The Morgan fingerprint density at radius 3 is 2.62 bits per heavy atom. The highest BCUT2D eigenvalue weighted by molar-refractivity contribution is 5.97. The van der Waals surface area contributed by atoms with Crippen molar-refractivity contribution in [2.45, 2.75) is 44.8 Å². The summed E-state index contributed by atoms with van der Waals surface area (Å²) in [6.45, 7) is 5.44. The molecule has 29 heavy (non-hydrogen) atoms. The van der Waals surface area contributed by atoms with Gasteiger partial charge in [-0.3, -0.25) is 9.36 Å². The van der Waals surface area contributed by atoms with Gasteiger partial charge in [-0.15, -0.1) is 0 Å². The number of para-hydroxylation sites is 3. The van der Waals surface area contributed by atoms with Gasteiger partial charge < -0.3 is 14.6 Å². The van der Waals surface area contributed by atoms with E-state index in [9.17, 15) is 9.59 Å². The summed E-state index contributed by atoms with van der Waals surface area (Å²) in [5, 5.41) is 0. The van der Waals surface area contributed by atoms with Gasteiger partial charge >= 0.3 is 5.69 Å². The van der Waals surface area contributed by atoms with Crippen molar-refractivity contribution in [1.82, 2.24) is 14.5 Å². The second-order valence-corrected chi connectivity index (χ2v) is 8.18. The molecule has 0 saturated carbocycles. The zero-order valence-corrected chi connectivity index (χ0v) is 16.7. The highest BCUT2D eigenvalue weighted by Crippen LogP contribution is 2.41. The molecule has 0 spiro atoms. The molecule has 6 heteroatoms. The monoisotopic (exact) mass is 391 g/mol. The fraction of sp³-hybridized carbons (Fsp3) is 0.391. The first-order valence-electron chi connectivity index (χ1n) is 10.3. The second-order valence-electron chi connectivity index (χ2n) is 8.18. The summed E-state index contributed by atoms with van der Waals surface area (Å²) in [6, 6.07) is 13.7. The smallest absolute Gasteiger partial charge is 0.326 e. The van der Waals surface area contributed by atoms with Crippen molar-refractivity contribution in [2.75, 3.05) is 13.1 Å². The second kappa shape index (κ2) is 6.79. The Morgan fingerprint density at radius 2 is 1.83 bits per heavy atom. The molecule has 2 aliphatic rings. The number of aromatic nitrogens is 2. The molecule has 2 atom stereocenters. The zero-order chi connectivity index (χ0) is 20.1. The maximum Gasteiger partial charge on any atom is 0.326 e. The fourth-order valence-electron chi connectivity index (χ4n) is 4.69. The topological polar surface area (TPSA) is 67.3 Å². The molecule has 0 bridgehead atoms. The zero-order valence-electron chi connectivity index (χ0n) is 16.7. The molecular weight excluding hydrogens is 366 g/mol. The van der Waals surface area contributed by atoms with Crippen LogP contribution in [0.3, 0.4) is 0 Å². The Hall–Kier alpha value is -3.02. The number of carbonyl (C=O) groups is 1. The molecule has 1 amide bonds. The lowest BCUT2D eigenvalue weighted by Gasteiger charge is -2.33. The van der Waals surface area contributed by atoms with Crippen molar-refractivity contribution in [1.29, 1.82) is 0 Å². The van der Waals surface area contributed by atoms with Gasteiger partial charge in [0.15, 0.2) is 0 Å². The number of hydrogen-bond donors (Lipinski definition) is 1. The number of rotatable bonds is 2. The van der Waals surface area contributed by atoms with Crippen LogP contribution in [-0.2, 0) is 0 Å². The number of aromatic amines is 1. The number of carbonyl (C=O) groups excluding carboxylic acids is 1. The summed E-state index contributed by atoms with van der Waals surface area (Å²) in [5.74, 6) is 1.05. The molecule has 2 aliphatic heterocycles. The van der Waals surface area contributed by atoms with Crippen molar-refractivity contribution in [3.63, 3.8) is 0 Å². The minimum absolute atomic E-state index is 0.0212. The standard InChI is InChI=1S/C23H25N3O3/c1-14-15(2)29-21-17(14)6-5-7-18(21)22(27)25-12-10-16(11-13-25)26-20-9-4-3-8-19(20)24-23(26)28/h3-9,14-16H,10-13H2,1-2H3,(H,24,28)/t14-,15+/m0/s1. The lowest BCUT2D eigenvalue weighted by Crippen LogP contribution is -2.40. The molecule has 1 fully saturated rings. The average Bonchev–Trinajstić information content (AvgIpc) is 3.23. The predicted octanol–water partition coefficient (Wildman–Crippen LogP) is 3.69. The van der Waals surface area contributed by atoms with Crippen LogP contribution >= 0.6 is 0 Å². The molecule has 1 saturated heterocycles. The van der Waals surface area contributed by atoms with Gasteiger partial charge in [0.2, 0.25) is 0 Å². The molecular formula is C23H25N3O3. The van der Waals surface area contributed by atoms with Gasteiger partial charge in [0.25, 0.3) is 5.91 Å². The first-order chi connectivity index (χ1) is 14.0. The molecule has 3 aromatic rings. The number of fused-ring (bicyclic) bond motifs is 2. The number of benzene rings is 2. The predicted molar refractivity (Wildman–Crippen MR) is 112 cm³/mol. The maximum absolute atomic E-state index is 13.2. The van der Waals surface area contributed by atoms with Gasteiger partial charge in [-0.25, -0.2) is 4.79 Å². The lowest BCUT2D eigenvalue weighted by molar-refractivity contribution is 0.0690. The van der Waals surface area contributed by atoms with E-state index in [0.29, 0.717) is 18.7 Å². The van der Waals surface area contributed by atoms with Crippen LogP contribution in [0.15, 0.2) is 47.3 Å². The van der Waals surface area contributed by atoms with Crippen LogP contribution in [0.25, 0.3) is 11.0 Å². The quantitative estimate of drug-likeness (QED) is 0.724. The molecule has 6 nitrogen and oxygen atoms in total. The third-order valence-corrected chi connectivity index (χ3v) is 6.52. The van der Waals surface area contributed by atoms with Gasteiger partial charge in [-0.05, 0) is 38.0 Å². The van der Waals surface area contributed by atoms with E-state index in [0.717, 1.165) is 35.2 Å². The SMILES string of the molecule is C[C@@H]1c2cccc(C(=O)N3CCC(n4c(=O)[nH]c5ccccc54)CC3)c2O[C@@H]1C. The van der Waals surface area contributed by atoms with Gasteiger partial charge in [-0.1, -0.05) is 31.2 Å². The van der Waals surface area contributed by atoms with Crippen LogP contribution in [0.1, 0.15) is 54.6 Å². The molecule has 3 heterocycles. The lowest BCUT2D eigenvalue weighted by atomic mass is 9.96. The Bertz CT molecular complexity index is 1140. The van der Waals surface area contributed by atoms with E-state index < -0.39 is 0 Å². The van der Waals surface area contributed by atoms with Crippen molar-refractivity contribution < 1.29 is 9.53 Å². The summed E-state index contributed by atoms with van der Waals surface area (Å²) >= 11 is 0. The Balaban J connectivity index is 1.36. The number of hydrogen-bond acceptors (Lipinski definition) is 3. The third-order valence-electron chi connectivity index (χ3n) is 6.52. The number of imidazole rings is 1. The largest absolute Gasteiger partial charge is 0.489 e. The fourth-order valence-corrected chi connectivity index (χ4v) is 4.69. The number of piperidine rings is 1. The van der Waals surface area contributed by atoms with Crippen molar-refractivity contribution >= 4 is 16.9 Å². The van der Waals surface area contributed by atoms with Gasteiger partial charge in [0.05, 0.1) is 16.6 Å². The minimum atomic E-state index is -0.0757. The van der Waals surface area contributed by atoms with Crippen LogP contribution in [-0.4, -0.2) is 39.6 Å². The number of amides is 1. The summed E-state index contributed by atoms with van der Waals surface area (Å²) in [5.41, 5.74) is 3.48. The number of nitrogens with zero attached hydrogens (tertiary/aromatic N) is 2. The van der Waals surface area contributed by atoms with Gasteiger partial charge in [0, 0.05) is 30.6 Å². The van der Waals surface area contributed by atoms with Crippen molar-refractivity contribution in [3.8, 4) is 5.75 Å². The summed E-state index contributed by atoms with van der Waals surface area (Å²) in [4.78, 5) is 30.5. The number of ether oxygens (including phenoxy) is 1. The Kier molecular flexibility index (Phi) is 4.23. The molecule has 0 aliphatic carbocycles. The molecule has 2 aromatic carbocycles. The minimum Gasteiger partial charge on any atom is -0.489 e. The average molecular weight is 391 g/mol. The van der Waals surface area contributed by atoms with Crippen molar-refractivity contribution in [3.05, 3.63) is 64.1 Å². The molecule has 5 rings (SSSR count). The number of likely N-dealkylation sites (tertiary alicyclic amines) is 1. The van der Waals surface area contributed by atoms with Crippen LogP contribution in [0.2, 0.25) is 0 Å². The Labute approximate surface area is 169 Å². The first-order valence-corrected chi connectivity index (χ1v) is 10.3. The van der Waals surface area contributed by atoms with Crippen LogP contribution in [0, 0.1) is 0 Å². The van der Waals surface area contributed by atoms with Gasteiger partial charge in [-0.2, -0.15) is 0 Å². The third kappa shape index (κ3) is 2.85. The number of nitrogens with one attached hydrogen (secondary N) is 1. The molecule has 0 radical (unpaired) electrons. The molecule has 1 aromatic heterocycles. The van der Waals surface area contributed by atoms with E-state index in [1.807, 2.05) is 52.8 Å². The van der Waals surface area contributed by atoms with Crippen molar-refractivity contribution in [2.24, 2.45) is 0 Å². The van der Waals surface area contributed by atoms with Crippen LogP contribution < -0.4 is 10.4 Å². The maximum atomic E-state index is 13.2. The van der Waals surface area contributed by atoms with E-state index in [1.54, 1.807) is 0 Å². The Morgan fingerprint density at radius 1 is 1.07 bits per heavy atom. The van der Waals surface area contributed by atoms with E-state index in [4.69, 9.17) is 4.74 Å². The van der Waals surface area contributed by atoms with E-state index in [1.165, 1.54) is 0 Å². The van der Waals surface area contributed by atoms with Crippen LogP contribution in [0.5, 0.6) is 5.75 Å². The molecule has 1 N–H and O–H groups in total. The van der Waals surface area contributed by atoms with Crippen LogP contribution in [0.4, 0.5) is 0 Å². The number of H-pyrrole nitrogens is 1. The normalized spacial score (nSPS) is 21.9. The van der Waals surface area contributed by atoms with E-state index in [2.05, 4.69) is 18.0 Å².